The first kappa shape index (κ1) is 13.8. The highest BCUT2D eigenvalue weighted by Gasteiger charge is 2.54. The molecular weight excluding hydrogens is 326 g/mol. The summed E-state index contributed by atoms with van der Waals surface area (Å²) in [6.07, 6.45) is 4.35. The lowest BCUT2D eigenvalue weighted by Gasteiger charge is -2.40. The van der Waals surface area contributed by atoms with Crippen LogP contribution >= 0.6 is 35.3 Å². The number of nitrogens with one attached hydrogen (secondary N) is 1. The van der Waals surface area contributed by atoms with E-state index in [-0.39, 0.29) is 0 Å². The highest BCUT2D eigenvalue weighted by molar-refractivity contribution is 8.00. The zero-order chi connectivity index (χ0) is 14.8. The van der Waals surface area contributed by atoms with Crippen LogP contribution < -0.4 is 0 Å². The van der Waals surface area contributed by atoms with E-state index in [1.54, 1.807) is 0 Å². The number of fused-ring (bicyclic) bond motifs is 6. The van der Waals surface area contributed by atoms with Gasteiger partial charge in [-0.15, -0.1) is 23.1 Å². The molecule has 0 radical (unpaired) electrons. The van der Waals surface area contributed by atoms with Crippen molar-refractivity contribution in [1.82, 2.24) is 4.98 Å². The van der Waals surface area contributed by atoms with Crippen molar-refractivity contribution in [2.75, 3.05) is 0 Å². The third-order valence-corrected chi connectivity index (χ3v) is 8.96. The van der Waals surface area contributed by atoms with Crippen molar-refractivity contribution < 1.29 is 0 Å². The Balaban J connectivity index is 1.72. The quantitative estimate of drug-likeness (QED) is 0.661. The van der Waals surface area contributed by atoms with Crippen LogP contribution in [0.2, 0.25) is 0 Å². The van der Waals surface area contributed by atoms with Crippen molar-refractivity contribution >= 4 is 35.3 Å². The van der Waals surface area contributed by atoms with Gasteiger partial charge in [-0.2, -0.15) is 0 Å². The van der Waals surface area contributed by atoms with Gasteiger partial charge in [-0.1, -0.05) is 24.3 Å². The Morgan fingerprint density at radius 1 is 1.18 bits per heavy atom. The summed E-state index contributed by atoms with van der Waals surface area (Å²) in [5.41, 5.74) is 2.98. The summed E-state index contributed by atoms with van der Waals surface area (Å²) >= 11 is 9.39. The molecule has 0 spiro atoms. The zero-order valence-electron chi connectivity index (χ0n) is 12.5. The Morgan fingerprint density at radius 2 is 2.00 bits per heavy atom. The maximum atomic E-state index is 5.47. The first-order valence-corrected chi connectivity index (χ1v) is 10.3. The minimum absolute atomic E-state index is 0.565. The molecule has 0 amide bonds. The summed E-state index contributed by atoms with van der Waals surface area (Å²) in [6.45, 7) is 2.27. The number of hydrogen-bond donors (Lipinski definition) is 1. The van der Waals surface area contributed by atoms with Crippen molar-refractivity contribution in [1.29, 1.82) is 0 Å². The molecule has 5 rings (SSSR count). The maximum Gasteiger partial charge on any atom is 0.159 e. The topological polar surface area (TPSA) is 15.8 Å². The molecular formula is C18H19NS3. The summed E-state index contributed by atoms with van der Waals surface area (Å²) in [4.78, 5) is 5.00. The molecule has 1 aromatic carbocycles. The van der Waals surface area contributed by atoms with Crippen molar-refractivity contribution in [3.8, 4) is 0 Å². The van der Waals surface area contributed by atoms with Crippen LogP contribution in [0.5, 0.6) is 0 Å². The number of benzene rings is 1. The molecule has 2 heterocycles. The molecule has 22 heavy (non-hydrogen) atoms. The summed E-state index contributed by atoms with van der Waals surface area (Å²) in [6, 6.07) is 8.99. The van der Waals surface area contributed by atoms with Crippen LogP contribution in [0.4, 0.5) is 0 Å². The van der Waals surface area contributed by atoms with E-state index in [0.717, 1.165) is 27.0 Å². The van der Waals surface area contributed by atoms with Crippen molar-refractivity contribution in [3.63, 3.8) is 0 Å². The molecule has 5 unspecified atom stereocenters. The van der Waals surface area contributed by atoms with Gasteiger partial charge < -0.3 is 4.98 Å². The Hall–Kier alpha value is -0.580. The number of aromatic nitrogens is 1. The van der Waals surface area contributed by atoms with Gasteiger partial charge in [0.2, 0.25) is 0 Å². The van der Waals surface area contributed by atoms with Crippen LogP contribution in [-0.4, -0.2) is 10.2 Å². The second kappa shape index (κ2) is 4.96. The summed E-state index contributed by atoms with van der Waals surface area (Å²) < 4.78 is 0.948. The fraction of sp³-hybridized carbons (Fsp3) is 0.500. The predicted octanol–water partition coefficient (Wildman–Crippen LogP) is 5.77. The molecule has 0 saturated heterocycles. The monoisotopic (exact) mass is 345 g/mol. The second-order valence-electron chi connectivity index (χ2n) is 7.04. The number of thiazole rings is 1. The Kier molecular flexibility index (Phi) is 3.11. The fourth-order valence-electron chi connectivity index (χ4n) is 5.13. The van der Waals surface area contributed by atoms with Crippen LogP contribution in [0.3, 0.4) is 0 Å². The number of aromatic amines is 1. The zero-order valence-corrected chi connectivity index (χ0v) is 15.0. The Morgan fingerprint density at radius 3 is 2.86 bits per heavy atom. The van der Waals surface area contributed by atoms with Gasteiger partial charge in [-0.25, -0.2) is 0 Å². The van der Waals surface area contributed by atoms with E-state index in [0.29, 0.717) is 5.92 Å². The molecule has 2 fully saturated rings. The molecule has 2 aliphatic carbocycles. The maximum absolute atomic E-state index is 5.47. The molecule has 4 heteroatoms. The third-order valence-electron chi connectivity index (χ3n) is 5.99. The third kappa shape index (κ3) is 1.87. The lowest BCUT2D eigenvalue weighted by atomic mass is 9.74. The first-order chi connectivity index (χ1) is 10.7. The average Bonchev–Trinajstić information content (AvgIpc) is 3.19. The largest absolute Gasteiger partial charge is 0.332 e. The minimum Gasteiger partial charge on any atom is -0.332 e. The van der Waals surface area contributed by atoms with Crippen molar-refractivity contribution in [2.45, 2.75) is 42.4 Å². The molecule has 2 saturated carbocycles. The highest BCUT2D eigenvalue weighted by atomic mass is 32.2. The van der Waals surface area contributed by atoms with Crippen LogP contribution in [0, 0.1) is 28.6 Å². The molecule has 2 bridgehead atoms. The highest BCUT2D eigenvalue weighted by Crippen LogP contribution is 2.64. The summed E-state index contributed by atoms with van der Waals surface area (Å²) in [7, 11) is 0. The van der Waals surface area contributed by atoms with E-state index in [1.807, 2.05) is 11.3 Å². The SMILES string of the molecule is Cc1ccccc1C1c2sc(=S)[nH]c2SC2C3CCC(C3)C12. The van der Waals surface area contributed by atoms with Gasteiger partial charge in [0, 0.05) is 16.0 Å². The van der Waals surface area contributed by atoms with Gasteiger partial charge in [0.25, 0.3) is 0 Å². The Bertz CT molecular complexity index is 790. The molecule has 114 valence electrons. The lowest BCUT2D eigenvalue weighted by molar-refractivity contribution is 0.307. The van der Waals surface area contributed by atoms with Gasteiger partial charge in [-0.05, 0) is 67.3 Å². The number of H-pyrrole nitrogens is 1. The van der Waals surface area contributed by atoms with E-state index < -0.39 is 0 Å². The van der Waals surface area contributed by atoms with Gasteiger partial charge in [0.1, 0.15) is 0 Å². The van der Waals surface area contributed by atoms with Gasteiger partial charge >= 0.3 is 0 Å². The number of thioether (sulfide) groups is 1. The van der Waals surface area contributed by atoms with Crippen LogP contribution in [0.15, 0.2) is 29.3 Å². The van der Waals surface area contributed by atoms with E-state index in [2.05, 4.69) is 47.9 Å². The number of aryl methyl sites for hydroxylation is 1. The smallest absolute Gasteiger partial charge is 0.159 e. The average molecular weight is 346 g/mol. The van der Waals surface area contributed by atoms with Gasteiger partial charge in [0.05, 0.1) is 5.03 Å². The molecule has 3 aliphatic rings. The molecule has 1 nitrogen and oxygen atoms in total. The van der Waals surface area contributed by atoms with Crippen LogP contribution in [0.1, 0.15) is 41.2 Å². The van der Waals surface area contributed by atoms with Crippen LogP contribution in [-0.2, 0) is 0 Å². The van der Waals surface area contributed by atoms with E-state index >= 15 is 0 Å². The van der Waals surface area contributed by atoms with Gasteiger partial charge in [-0.3, -0.25) is 0 Å². The summed E-state index contributed by atoms with van der Waals surface area (Å²) in [5.74, 6) is 3.24. The standard InChI is InChI=1S/C18H19NS3/c1-9-4-2-3-5-12(9)14-13-10-6-7-11(8-10)15(13)21-17-16(14)22-18(20)19-17/h2-5,10-11,13-15H,6-8H2,1H3,(H,19,20). The first-order valence-electron chi connectivity index (χ1n) is 8.17. The number of rotatable bonds is 1. The van der Waals surface area contributed by atoms with E-state index in [4.69, 9.17) is 12.2 Å². The van der Waals surface area contributed by atoms with Crippen molar-refractivity contribution in [2.24, 2.45) is 17.8 Å². The van der Waals surface area contributed by atoms with E-state index in [1.165, 1.54) is 40.3 Å². The molecule has 1 aliphatic heterocycles. The second-order valence-corrected chi connectivity index (χ2v) is 9.94. The van der Waals surface area contributed by atoms with E-state index in [9.17, 15) is 0 Å². The minimum atomic E-state index is 0.565. The molecule has 1 N–H and O–H groups in total. The fourth-order valence-corrected chi connectivity index (χ4v) is 8.46. The normalized spacial score (nSPS) is 35.4. The molecule has 5 atom stereocenters. The Labute approximate surface area is 144 Å². The van der Waals surface area contributed by atoms with Crippen molar-refractivity contribution in [3.05, 3.63) is 44.2 Å². The molecule has 1 aromatic heterocycles. The van der Waals surface area contributed by atoms with Crippen LogP contribution in [0.25, 0.3) is 0 Å². The van der Waals surface area contributed by atoms with Gasteiger partial charge in [0.15, 0.2) is 3.95 Å². The molecule has 2 aromatic rings. The predicted molar refractivity (Wildman–Crippen MR) is 96.5 cm³/mol. The lowest BCUT2D eigenvalue weighted by Crippen LogP contribution is -2.33. The summed E-state index contributed by atoms with van der Waals surface area (Å²) in [5, 5.41) is 2.17. The number of hydrogen-bond acceptors (Lipinski definition) is 3.